The van der Waals surface area contributed by atoms with Crippen molar-refractivity contribution in [1.29, 1.82) is 0 Å². The van der Waals surface area contributed by atoms with Crippen LogP contribution < -0.4 is 10.6 Å². The topological polar surface area (TPSA) is 133 Å². The van der Waals surface area contributed by atoms with E-state index in [9.17, 15) is 14.7 Å². The number of aromatic nitrogens is 3. The Hall–Kier alpha value is -3.79. The summed E-state index contributed by atoms with van der Waals surface area (Å²) < 4.78 is 5.25. The van der Waals surface area contributed by atoms with Crippen molar-refractivity contribution in [3.63, 3.8) is 0 Å². The normalized spacial score (nSPS) is 18.7. The average molecular weight is 547 g/mol. The van der Waals surface area contributed by atoms with Gasteiger partial charge in [-0.2, -0.15) is 4.98 Å². The molecule has 1 aliphatic carbocycles. The van der Waals surface area contributed by atoms with Gasteiger partial charge in [-0.3, -0.25) is 9.78 Å². The fourth-order valence-electron chi connectivity index (χ4n) is 5.21. The quantitative estimate of drug-likeness (QED) is 0.426. The Morgan fingerprint density at radius 2 is 1.93 bits per heavy atom. The van der Waals surface area contributed by atoms with E-state index in [-0.39, 0.29) is 29.3 Å². The van der Waals surface area contributed by atoms with Gasteiger partial charge in [0.1, 0.15) is 0 Å². The highest BCUT2D eigenvalue weighted by Crippen LogP contribution is 2.47. The molecule has 0 spiro atoms. The maximum Gasteiger partial charge on any atom is 0.318 e. The monoisotopic (exact) mass is 546 g/mol. The lowest BCUT2D eigenvalue weighted by atomic mass is 9.87. The van der Waals surface area contributed by atoms with Gasteiger partial charge in [0.15, 0.2) is 5.82 Å². The van der Waals surface area contributed by atoms with Crippen molar-refractivity contribution in [1.82, 2.24) is 30.7 Å². The van der Waals surface area contributed by atoms with Crippen LogP contribution in [0.3, 0.4) is 0 Å². The van der Waals surface area contributed by atoms with Gasteiger partial charge >= 0.3 is 6.03 Å². The highest BCUT2D eigenvalue weighted by Gasteiger charge is 2.47. The molecule has 3 aromatic rings. The van der Waals surface area contributed by atoms with Crippen molar-refractivity contribution in [3.05, 3.63) is 64.6 Å². The molecule has 10 nitrogen and oxygen atoms in total. The van der Waals surface area contributed by atoms with Crippen molar-refractivity contribution in [2.75, 3.05) is 6.54 Å². The predicted octanol–water partition coefficient (Wildman–Crippen LogP) is 3.95. The molecule has 2 aliphatic rings. The largest absolute Gasteiger partial charge is 0.386 e. The molecular weight excluding hydrogens is 508 g/mol. The number of nitrogens with one attached hydrogen (secondary N) is 2. The molecule has 40 heavy (non-hydrogen) atoms. The maximum absolute atomic E-state index is 13.1. The van der Waals surface area contributed by atoms with Crippen molar-refractivity contribution < 1.29 is 19.2 Å². The Morgan fingerprint density at radius 1 is 1.15 bits per heavy atom. The van der Waals surface area contributed by atoms with Crippen LogP contribution in [-0.2, 0) is 29.9 Å². The summed E-state index contributed by atoms with van der Waals surface area (Å²) in [7, 11) is 0. The number of urea groups is 1. The highest BCUT2D eigenvalue weighted by atomic mass is 16.5. The zero-order valence-corrected chi connectivity index (χ0v) is 24.0. The van der Waals surface area contributed by atoms with Gasteiger partial charge in [0.05, 0.1) is 17.4 Å². The van der Waals surface area contributed by atoms with E-state index < -0.39 is 5.60 Å². The fourth-order valence-corrected chi connectivity index (χ4v) is 5.21. The summed E-state index contributed by atoms with van der Waals surface area (Å²) in [5.41, 5.74) is 4.43. The molecule has 3 heterocycles. The number of fused-ring (bicyclic) bond motifs is 1. The third kappa shape index (κ3) is 6.01. The first-order valence-electron chi connectivity index (χ1n) is 13.8. The van der Waals surface area contributed by atoms with Crippen LogP contribution in [0.25, 0.3) is 11.1 Å². The smallest absolute Gasteiger partial charge is 0.318 e. The first kappa shape index (κ1) is 27.8. The Bertz CT molecular complexity index is 1430. The Balaban J connectivity index is 1.41. The van der Waals surface area contributed by atoms with Gasteiger partial charge in [-0.1, -0.05) is 17.3 Å². The second-order valence-electron chi connectivity index (χ2n) is 12.4. The van der Waals surface area contributed by atoms with Crippen LogP contribution in [0.5, 0.6) is 0 Å². The van der Waals surface area contributed by atoms with E-state index in [1.54, 1.807) is 33.2 Å². The summed E-state index contributed by atoms with van der Waals surface area (Å²) in [4.78, 5) is 36.5. The van der Waals surface area contributed by atoms with Gasteiger partial charge in [0.25, 0.3) is 0 Å². The second-order valence-corrected chi connectivity index (χ2v) is 12.4. The first-order valence-corrected chi connectivity index (χ1v) is 13.8. The molecule has 3 amide bonds. The molecule has 0 radical (unpaired) electrons. The molecular formula is C30H38N6O4. The van der Waals surface area contributed by atoms with E-state index in [4.69, 9.17) is 4.52 Å². The number of nitrogens with zero attached hydrogens (tertiary/aromatic N) is 4. The lowest BCUT2D eigenvalue weighted by molar-refractivity contribution is -0.122. The molecule has 212 valence electrons. The summed E-state index contributed by atoms with van der Waals surface area (Å²) in [6, 6.07) is 5.93. The van der Waals surface area contributed by atoms with E-state index in [1.165, 1.54) is 0 Å². The number of hydrogen-bond acceptors (Lipinski definition) is 7. The molecule has 0 saturated heterocycles. The maximum atomic E-state index is 13.1. The van der Waals surface area contributed by atoms with Crippen molar-refractivity contribution >= 4 is 11.9 Å². The van der Waals surface area contributed by atoms with Crippen molar-refractivity contribution in [2.24, 2.45) is 5.92 Å². The van der Waals surface area contributed by atoms with Gasteiger partial charge in [-0.15, -0.1) is 0 Å². The van der Waals surface area contributed by atoms with Crippen LogP contribution in [-0.4, -0.2) is 49.2 Å². The molecule has 1 fully saturated rings. The number of benzene rings is 1. The molecule has 10 heteroatoms. The third-order valence-corrected chi connectivity index (χ3v) is 7.47. The Morgan fingerprint density at radius 3 is 2.60 bits per heavy atom. The number of rotatable bonds is 6. The average Bonchev–Trinajstić information content (AvgIpc) is 3.58. The van der Waals surface area contributed by atoms with E-state index in [2.05, 4.69) is 31.8 Å². The van der Waals surface area contributed by atoms with Gasteiger partial charge in [0, 0.05) is 48.7 Å². The number of carbonyl (C=O) groups excluding carboxylic acids is 2. The zero-order chi connectivity index (χ0) is 28.8. The molecule has 0 bridgehead atoms. The minimum Gasteiger partial charge on any atom is -0.386 e. The number of carbonyl (C=O) groups is 2. The molecule has 2 unspecified atom stereocenters. The van der Waals surface area contributed by atoms with Crippen LogP contribution >= 0.6 is 0 Å². The van der Waals surface area contributed by atoms with E-state index >= 15 is 0 Å². The second kappa shape index (κ2) is 10.3. The van der Waals surface area contributed by atoms with E-state index in [1.807, 2.05) is 37.8 Å². The zero-order valence-electron chi connectivity index (χ0n) is 24.0. The van der Waals surface area contributed by atoms with Crippen LogP contribution in [0.1, 0.15) is 80.9 Å². The molecule has 5 rings (SSSR count). The summed E-state index contributed by atoms with van der Waals surface area (Å²) in [5, 5.41) is 20.5. The highest BCUT2D eigenvalue weighted by molar-refractivity contribution is 5.82. The lowest BCUT2D eigenvalue weighted by Gasteiger charge is -2.34. The standard InChI is InChI=1S/C30H38N6O4/c1-17-33-27(40-35-17)24-12-23(24)26(37)32-14-18-7-8-21(19-11-20(15-31-13-19)30(5,6)39)22-9-10-36(16-25(18)22)28(38)34-29(2,3)4/h7-8,11,13,15,23-24,39H,9-10,12,14,16H2,1-6H3,(H,32,37)(H,34,38). The summed E-state index contributed by atoms with van der Waals surface area (Å²) in [6.07, 6.45) is 4.84. The lowest BCUT2D eigenvalue weighted by Crippen LogP contribution is -2.50. The summed E-state index contributed by atoms with van der Waals surface area (Å²) in [5.74, 6) is 0.820. The SMILES string of the molecule is Cc1noc(C2CC2C(=O)NCc2ccc(-c3cncc(C(C)(C)O)c3)c3c2CN(C(=O)NC(C)(C)C)CC3)n1. The van der Waals surface area contributed by atoms with Crippen molar-refractivity contribution in [3.8, 4) is 11.1 Å². The molecule has 1 saturated carbocycles. The number of pyridine rings is 1. The van der Waals surface area contributed by atoms with E-state index in [0.717, 1.165) is 33.4 Å². The van der Waals surface area contributed by atoms with Crippen LogP contribution in [0.2, 0.25) is 0 Å². The molecule has 1 aromatic carbocycles. The third-order valence-electron chi connectivity index (χ3n) is 7.47. The number of amides is 3. The number of hydrogen-bond donors (Lipinski definition) is 3. The minimum atomic E-state index is -1.02. The molecule has 3 N–H and O–H groups in total. The van der Waals surface area contributed by atoms with Crippen molar-refractivity contribution in [2.45, 2.75) is 84.5 Å². The molecule has 1 aliphatic heterocycles. The minimum absolute atomic E-state index is 0.0374. The van der Waals surface area contributed by atoms with Gasteiger partial charge in [0.2, 0.25) is 11.8 Å². The van der Waals surface area contributed by atoms with Crippen LogP contribution in [0.15, 0.2) is 35.1 Å². The molecule has 2 atom stereocenters. The van der Waals surface area contributed by atoms with Crippen LogP contribution in [0, 0.1) is 12.8 Å². The number of aryl methyl sites for hydroxylation is 1. The van der Waals surface area contributed by atoms with E-state index in [0.29, 0.717) is 44.2 Å². The fraction of sp³-hybridized carbons (Fsp3) is 0.500. The van der Waals surface area contributed by atoms with Gasteiger partial charge in [-0.25, -0.2) is 4.79 Å². The van der Waals surface area contributed by atoms with Crippen LogP contribution in [0.4, 0.5) is 4.79 Å². The Kier molecular flexibility index (Phi) is 7.16. The first-order chi connectivity index (χ1) is 18.8. The predicted molar refractivity (Wildman–Crippen MR) is 149 cm³/mol. The summed E-state index contributed by atoms with van der Waals surface area (Å²) >= 11 is 0. The molecule has 2 aromatic heterocycles. The number of aliphatic hydroxyl groups is 1. The summed E-state index contributed by atoms with van der Waals surface area (Å²) in [6.45, 7) is 12.5. The van der Waals surface area contributed by atoms with Gasteiger partial charge in [-0.05, 0) is 82.7 Å². The van der Waals surface area contributed by atoms with Gasteiger partial charge < -0.3 is 25.2 Å². The Labute approximate surface area is 234 Å².